The molecule has 0 bridgehead atoms. The molecule has 0 atom stereocenters. The van der Waals surface area contributed by atoms with Crippen molar-refractivity contribution >= 4 is 26.0 Å². The lowest BCUT2D eigenvalue weighted by Gasteiger charge is -2.02. The van der Waals surface area contributed by atoms with Gasteiger partial charge >= 0.3 is 0 Å². The standard InChI is InChI=1S/C13H15BrN2O4S/c14-13-12(5-11(20-13)7-15-10-1-2-10)21(17,18)16-6-9-3-4-19-8-9/h3-5,8,10,15-16H,1-2,6-7H2. The zero-order valence-electron chi connectivity index (χ0n) is 11.1. The first-order valence-electron chi connectivity index (χ1n) is 6.57. The molecule has 0 spiro atoms. The Bertz CT molecular complexity index is 705. The van der Waals surface area contributed by atoms with Crippen molar-refractivity contribution in [2.75, 3.05) is 0 Å². The summed E-state index contributed by atoms with van der Waals surface area (Å²) in [4.78, 5) is 0.110. The van der Waals surface area contributed by atoms with Gasteiger partial charge in [0.1, 0.15) is 10.7 Å². The Morgan fingerprint density at radius 3 is 2.81 bits per heavy atom. The third-order valence-corrected chi connectivity index (χ3v) is 5.44. The summed E-state index contributed by atoms with van der Waals surface area (Å²) >= 11 is 3.16. The maximum atomic E-state index is 12.3. The second-order valence-electron chi connectivity index (χ2n) is 4.96. The van der Waals surface area contributed by atoms with E-state index < -0.39 is 10.0 Å². The lowest BCUT2D eigenvalue weighted by atomic mass is 10.4. The summed E-state index contributed by atoms with van der Waals surface area (Å²) in [5.41, 5.74) is 0.758. The molecule has 0 aliphatic heterocycles. The first kappa shape index (κ1) is 14.8. The van der Waals surface area contributed by atoms with E-state index in [0.29, 0.717) is 18.3 Å². The molecular weight excluding hydrogens is 360 g/mol. The van der Waals surface area contributed by atoms with Crippen LogP contribution in [0.2, 0.25) is 0 Å². The van der Waals surface area contributed by atoms with Crippen LogP contribution in [0.3, 0.4) is 0 Å². The number of halogens is 1. The van der Waals surface area contributed by atoms with Gasteiger partial charge < -0.3 is 14.2 Å². The Balaban J connectivity index is 1.68. The van der Waals surface area contributed by atoms with Gasteiger partial charge in [0.05, 0.1) is 19.1 Å². The Hall–Kier alpha value is -1.09. The van der Waals surface area contributed by atoms with E-state index >= 15 is 0 Å². The highest BCUT2D eigenvalue weighted by molar-refractivity contribution is 9.10. The van der Waals surface area contributed by atoms with Gasteiger partial charge in [-0.2, -0.15) is 0 Å². The Morgan fingerprint density at radius 1 is 1.33 bits per heavy atom. The molecule has 8 heteroatoms. The molecule has 0 radical (unpaired) electrons. The summed E-state index contributed by atoms with van der Waals surface area (Å²) < 4.78 is 37.6. The van der Waals surface area contributed by atoms with E-state index in [1.807, 2.05) is 0 Å². The van der Waals surface area contributed by atoms with Gasteiger partial charge in [0.2, 0.25) is 10.0 Å². The lowest BCUT2D eigenvalue weighted by Crippen LogP contribution is -2.23. The first-order valence-corrected chi connectivity index (χ1v) is 8.84. The summed E-state index contributed by atoms with van der Waals surface area (Å²) in [6.07, 6.45) is 5.33. The number of hydrogen-bond donors (Lipinski definition) is 2. The summed E-state index contributed by atoms with van der Waals surface area (Å²) in [7, 11) is -3.63. The van der Waals surface area contributed by atoms with Crippen LogP contribution in [0.1, 0.15) is 24.2 Å². The molecule has 1 saturated carbocycles. The maximum Gasteiger partial charge on any atom is 0.245 e. The zero-order chi connectivity index (χ0) is 14.9. The van der Waals surface area contributed by atoms with Crippen molar-refractivity contribution < 1.29 is 17.3 Å². The molecule has 2 heterocycles. The van der Waals surface area contributed by atoms with Crippen molar-refractivity contribution in [1.82, 2.24) is 10.0 Å². The van der Waals surface area contributed by atoms with Gasteiger partial charge in [-0.3, -0.25) is 0 Å². The van der Waals surface area contributed by atoms with E-state index in [9.17, 15) is 8.42 Å². The van der Waals surface area contributed by atoms with E-state index in [1.54, 1.807) is 6.07 Å². The second-order valence-corrected chi connectivity index (χ2v) is 7.42. The van der Waals surface area contributed by atoms with Crippen LogP contribution in [0.5, 0.6) is 0 Å². The molecule has 1 fully saturated rings. The third kappa shape index (κ3) is 3.76. The molecule has 3 rings (SSSR count). The number of nitrogens with one attached hydrogen (secondary N) is 2. The molecule has 1 aliphatic carbocycles. The molecule has 0 amide bonds. The first-order chi connectivity index (χ1) is 10.0. The van der Waals surface area contributed by atoms with Gasteiger partial charge in [0.25, 0.3) is 0 Å². The average Bonchev–Trinajstić information content (AvgIpc) is 2.97. The number of furan rings is 2. The molecule has 114 valence electrons. The van der Waals surface area contributed by atoms with E-state index in [2.05, 4.69) is 26.0 Å². The molecule has 2 N–H and O–H groups in total. The van der Waals surface area contributed by atoms with Crippen LogP contribution >= 0.6 is 15.9 Å². The smallest absolute Gasteiger partial charge is 0.245 e. The minimum atomic E-state index is -3.63. The van der Waals surface area contributed by atoms with Crippen molar-refractivity contribution in [2.45, 2.75) is 36.9 Å². The number of hydrogen-bond acceptors (Lipinski definition) is 5. The lowest BCUT2D eigenvalue weighted by molar-refractivity contribution is 0.460. The van der Waals surface area contributed by atoms with Gasteiger partial charge in [-0.05, 0) is 34.8 Å². The van der Waals surface area contributed by atoms with Crippen molar-refractivity contribution in [3.05, 3.63) is 40.7 Å². The average molecular weight is 375 g/mol. The predicted molar refractivity (Wildman–Crippen MR) is 79.0 cm³/mol. The van der Waals surface area contributed by atoms with E-state index in [1.165, 1.54) is 31.4 Å². The quantitative estimate of drug-likeness (QED) is 0.776. The molecule has 21 heavy (non-hydrogen) atoms. The van der Waals surface area contributed by atoms with Crippen molar-refractivity contribution in [3.63, 3.8) is 0 Å². The summed E-state index contributed by atoms with van der Waals surface area (Å²) in [6.45, 7) is 0.701. The van der Waals surface area contributed by atoms with Crippen LogP contribution in [0.4, 0.5) is 0 Å². The zero-order valence-corrected chi connectivity index (χ0v) is 13.5. The maximum absolute atomic E-state index is 12.3. The van der Waals surface area contributed by atoms with E-state index in [0.717, 1.165) is 5.56 Å². The van der Waals surface area contributed by atoms with Crippen LogP contribution in [0.15, 0.2) is 43.1 Å². The van der Waals surface area contributed by atoms with Crippen LogP contribution < -0.4 is 10.0 Å². The van der Waals surface area contributed by atoms with Gasteiger partial charge in [-0.1, -0.05) is 0 Å². The molecule has 2 aromatic rings. The van der Waals surface area contributed by atoms with Crippen LogP contribution in [0.25, 0.3) is 0 Å². The van der Waals surface area contributed by atoms with Gasteiger partial charge in [-0.25, -0.2) is 13.1 Å². The number of rotatable bonds is 7. The molecule has 0 unspecified atom stereocenters. The van der Waals surface area contributed by atoms with E-state index in [4.69, 9.17) is 8.83 Å². The number of sulfonamides is 1. The summed E-state index contributed by atoms with van der Waals surface area (Å²) in [5.74, 6) is 0.595. The Labute approximate surface area is 131 Å². The summed E-state index contributed by atoms with van der Waals surface area (Å²) in [6, 6.07) is 3.78. The normalized spacial score (nSPS) is 15.5. The second kappa shape index (κ2) is 5.96. The Kier molecular flexibility index (Phi) is 4.21. The van der Waals surface area contributed by atoms with Crippen LogP contribution in [0, 0.1) is 0 Å². The third-order valence-electron chi connectivity index (χ3n) is 3.18. The summed E-state index contributed by atoms with van der Waals surface area (Å²) in [5, 5.41) is 3.28. The largest absolute Gasteiger partial charge is 0.472 e. The van der Waals surface area contributed by atoms with Crippen LogP contribution in [-0.4, -0.2) is 14.5 Å². The highest BCUT2D eigenvalue weighted by atomic mass is 79.9. The van der Waals surface area contributed by atoms with Crippen LogP contribution in [-0.2, 0) is 23.1 Å². The predicted octanol–water partition coefficient (Wildman–Crippen LogP) is 2.37. The van der Waals surface area contributed by atoms with Gasteiger partial charge in [0, 0.05) is 24.2 Å². The van der Waals surface area contributed by atoms with Gasteiger partial charge in [-0.15, -0.1) is 0 Å². The SMILES string of the molecule is O=S(=O)(NCc1ccoc1)c1cc(CNC2CC2)oc1Br. The molecule has 2 aromatic heterocycles. The fraction of sp³-hybridized carbons (Fsp3) is 0.385. The molecule has 6 nitrogen and oxygen atoms in total. The molecule has 0 saturated heterocycles. The topological polar surface area (TPSA) is 84.5 Å². The fourth-order valence-corrected chi connectivity index (χ4v) is 3.86. The minimum Gasteiger partial charge on any atom is -0.472 e. The highest BCUT2D eigenvalue weighted by Crippen LogP contribution is 2.27. The van der Waals surface area contributed by atoms with E-state index in [-0.39, 0.29) is 16.1 Å². The Morgan fingerprint density at radius 2 is 2.14 bits per heavy atom. The van der Waals surface area contributed by atoms with Crippen molar-refractivity contribution in [3.8, 4) is 0 Å². The van der Waals surface area contributed by atoms with Crippen molar-refractivity contribution in [2.24, 2.45) is 0 Å². The monoisotopic (exact) mass is 374 g/mol. The minimum absolute atomic E-state index is 0.110. The molecule has 1 aliphatic rings. The molecular formula is C13H15BrN2O4S. The molecule has 0 aromatic carbocycles. The van der Waals surface area contributed by atoms with Crippen molar-refractivity contribution in [1.29, 1.82) is 0 Å². The highest BCUT2D eigenvalue weighted by Gasteiger charge is 2.24. The fourth-order valence-electron chi connectivity index (χ4n) is 1.85. The van der Waals surface area contributed by atoms with Gasteiger partial charge in [0.15, 0.2) is 4.67 Å².